The van der Waals surface area contributed by atoms with E-state index < -0.39 is 0 Å². The highest BCUT2D eigenvalue weighted by molar-refractivity contribution is 5.53. The molecule has 1 N–H and O–H groups in total. The highest BCUT2D eigenvalue weighted by Crippen LogP contribution is 2.26. The lowest BCUT2D eigenvalue weighted by Crippen LogP contribution is -2.12. The summed E-state index contributed by atoms with van der Waals surface area (Å²) in [7, 11) is 1.69. The van der Waals surface area contributed by atoms with Gasteiger partial charge in [0.1, 0.15) is 5.75 Å². The van der Waals surface area contributed by atoms with Crippen molar-refractivity contribution in [1.29, 1.82) is 0 Å². The molecule has 0 unspecified atom stereocenters. The molecule has 1 aromatic carbocycles. The largest absolute Gasteiger partial charge is 0.495 e. The van der Waals surface area contributed by atoms with Gasteiger partial charge in [0.25, 0.3) is 0 Å². The molecule has 0 saturated carbocycles. The van der Waals surface area contributed by atoms with Gasteiger partial charge in [0.2, 0.25) is 5.95 Å². The third-order valence-electron chi connectivity index (χ3n) is 2.90. The van der Waals surface area contributed by atoms with Gasteiger partial charge in [-0.1, -0.05) is 19.9 Å². The van der Waals surface area contributed by atoms with E-state index in [1.165, 1.54) is 5.56 Å². The molecule has 0 saturated heterocycles. The van der Waals surface area contributed by atoms with Crippen molar-refractivity contribution in [2.45, 2.75) is 20.8 Å². The Morgan fingerprint density at radius 1 is 1.37 bits per heavy atom. The topological polar surface area (TPSA) is 39.1 Å². The Hall–Kier alpha value is -1.97. The molecule has 0 atom stereocenters. The van der Waals surface area contributed by atoms with E-state index >= 15 is 0 Å². The third-order valence-corrected chi connectivity index (χ3v) is 2.90. The second kappa shape index (κ2) is 5.78. The average Bonchev–Trinajstić information content (AvgIpc) is 2.84. The Labute approximate surface area is 114 Å². The van der Waals surface area contributed by atoms with Crippen molar-refractivity contribution < 1.29 is 4.74 Å². The third kappa shape index (κ3) is 3.08. The number of ether oxygens (including phenoxy) is 1. The number of hydrogen-bond donors (Lipinski definition) is 1. The van der Waals surface area contributed by atoms with Crippen LogP contribution in [0.15, 0.2) is 30.6 Å². The quantitative estimate of drug-likeness (QED) is 0.895. The number of benzene rings is 1. The molecule has 0 aliphatic rings. The summed E-state index contributed by atoms with van der Waals surface area (Å²) < 4.78 is 7.45. The lowest BCUT2D eigenvalue weighted by atomic mass is 10.2. The van der Waals surface area contributed by atoms with Crippen molar-refractivity contribution in [3.05, 3.63) is 36.2 Å². The molecule has 1 heterocycles. The summed E-state index contributed by atoms with van der Waals surface area (Å²) in [6.45, 7) is 7.31. The van der Waals surface area contributed by atoms with E-state index in [9.17, 15) is 0 Å². The van der Waals surface area contributed by atoms with Crippen LogP contribution < -0.4 is 10.1 Å². The van der Waals surface area contributed by atoms with E-state index in [-0.39, 0.29) is 0 Å². The predicted molar refractivity (Wildman–Crippen MR) is 78.2 cm³/mol. The van der Waals surface area contributed by atoms with Gasteiger partial charge >= 0.3 is 0 Å². The SMILES string of the molecule is COc1ccc(C)cc1-n1ccnc1NCC(C)C. The van der Waals surface area contributed by atoms with Crippen LogP contribution in [-0.2, 0) is 0 Å². The van der Waals surface area contributed by atoms with Gasteiger partial charge in [-0.15, -0.1) is 0 Å². The first kappa shape index (κ1) is 13.5. The number of aryl methyl sites for hydroxylation is 1. The average molecular weight is 259 g/mol. The zero-order valence-electron chi connectivity index (χ0n) is 12.0. The molecule has 2 aromatic rings. The number of aromatic nitrogens is 2. The molecule has 0 radical (unpaired) electrons. The van der Waals surface area contributed by atoms with E-state index in [1.807, 2.05) is 22.9 Å². The maximum atomic E-state index is 5.43. The van der Waals surface area contributed by atoms with Crippen molar-refractivity contribution in [1.82, 2.24) is 9.55 Å². The highest BCUT2D eigenvalue weighted by atomic mass is 16.5. The van der Waals surface area contributed by atoms with Gasteiger partial charge in [-0.25, -0.2) is 4.98 Å². The number of rotatable bonds is 5. The van der Waals surface area contributed by atoms with Crippen LogP contribution in [-0.4, -0.2) is 23.2 Å². The van der Waals surface area contributed by atoms with Crippen molar-refractivity contribution >= 4 is 5.95 Å². The van der Waals surface area contributed by atoms with E-state index in [0.717, 1.165) is 23.9 Å². The Kier molecular flexibility index (Phi) is 4.10. The zero-order valence-corrected chi connectivity index (χ0v) is 12.0. The van der Waals surface area contributed by atoms with Crippen LogP contribution in [0.25, 0.3) is 5.69 Å². The smallest absolute Gasteiger partial charge is 0.207 e. The molecule has 0 bridgehead atoms. The maximum absolute atomic E-state index is 5.43. The molecule has 4 nitrogen and oxygen atoms in total. The van der Waals surface area contributed by atoms with Gasteiger partial charge in [0, 0.05) is 18.9 Å². The van der Waals surface area contributed by atoms with E-state index in [1.54, 1.807) is 13.3 Å². The minimum absolute atomic E-state index is 0.574. The normalized spacial score (nSPS) is 10.8. The van der Waals surface area contributed by atoms with Crippen LogP contribution in [0.2, 0.25) is 0 Å². The van der Waals surface area contributed by atoms with Gasteiger partial charge in [0.05, 0.1) is 12.8 Å². The van der Waals surface area contributed by atoms with Gasteiger partial charge in [-0.3, -0.25) is 4.57 Å². The molecule has 0 aliphatic carbocycles. The summed E-state index contributed by atoms with van der Waals surface area (Å²) >= 11 is 0. The second-order valence-corrected chi connectivity index (χ2v) is 5.07. The molecule has 0 aliphatic heterocycles. The molecule has 1 aromatic heterocycles. The highest BCUT2D eigenvalue weighted by Gasteiger charge is 2.10. The lowest BCUT2D eigenvalue weighted by molar-refractivity contribution is 0.413. The van der Waals surface area contributed by atoms with Gasteiger partial charge in [0.15, 0.2) is 0 Å². The fraction of sp³-hybridized carbons (Fsp3) is 0.400. The number of hydrogen-bond acceptors (Lipinski definition) is 3. The fourth-order valence-electron chi connectivity index (χ4n) is 1.91. The van der Waals surface area contributed by atoms with Crippen molar-refractivity contribution in [3.63, 3.8) is 0 Å². The number of methoxy groups -OCH3 is 1. The Balaban J connectivity index is 2.36. The maximum Gasteiger partial charge on any atom is 0.207 e. The van der Waals surface area contributed by atoms with Crippen LogP contribution in [0.4, 0.5) is 5.95 Å². The Bertz CT molecular complexity index is 546. The van der Waals surface area contributed by atoms with Crippen LogP contribution in [0.5, 0.6) is 5.75 Å². The predicted octanol–water partition coefficient (Wildman–Crippen LogP) is 3.26. The molecule has 19 heavy (non-hydrogen) atoms. The first-order valence-corrected chi connectivity index (χ1v) is 6.54. The number of imidazole rings is 1. The number of nitrogens with zero attached hydrogens (tertiary/aromatic N) is 2. The summed E-state index contributed by atoms with van der Waals surface area (Å²) in [4.78, 5) is 4.37. The number of nitrogens with one attached hydrogen (secondary N) is 1. The van der Waals surface area contributed by atoms with Crippen LogP contribution >= 0.6 is 0 Å². The number of anilines is 1. The molecule has 102 valence electrons. The summed E-state index contributed by atoms with van der Waals surface area (Å²) in [5, 5.41) is 3.36. The van der Waals surface area contributed by atoms with Crippen molar-refractivity contribution in [2.24, 2.45) is 5.92 Å². The van der Waals surface area contributed by atoms with E-state index in [4.69, 9.17) is 4.74 Å². The molecule has 2 rings (SSSR count). The Morgan fingerprint density at radius 3 is 2.84 bits per heavy atom. The molecule has 4 heteroatoms. The fourth-order valence-corrected chi connectivity index (χ4v) is 1.91. The van der Waals surface area contributed by atoms with Crippen LogP contribution in [0, 0.1) is 12.8 Å². The van der Waals surface area contributed by atoms with Crippen molar-refractivity contribution in [2.75, 3.05) is 19.0 Å². The van der Waals surface area contributed by atoms with E-state index in [2.05, 4.69) is 37.1 Å². The van der Waals surface area contributed by atoms with Gasteiger partial charge in [-0.2, -0.15) is 0 Å². The zero-order chi connectivity index (χ0) is 13.8. The monoisotopic (exact) mass is 259 g/mol. The second-order valence-electron chi connectivity index (χ2n) is 5.07. The van der Waals surface area contributed by atoms with Crippen molar-refractivity contribution in [3.8, 4) is 11.4 Å². The molecule has 0 spiro atoms. The van der Waals surface area contributed by atoms with Gasteiger partial charge in [-0.05, 0) is 30.5 Å². The van der Waals surface area contributed by atoms with Crippen LogP contribution in [0.1, 0.15) is 19.4 Å². The van der Waals surface area contributed by atoms with Crippen LogP contribution in [0.3, 0.4) is 0 Å². The summed E-state index contributed by atoms with van der Waals surface area (Å²) in [6, 6.07) is 6.12. The summed E-state index contributed by atoms with van der Waals surface area (Å²) in [5.74, 6) is 2.26. The standard InChI is InChI=1S/C15H21N3O/c1-11(2)10-17-15-16-7-8-18(15)13-9-12(3)5-6-14(13)19-4/h5-9,11H,10H2,1-4H3,(H,16,17). The lowest BCUT2D eigenvalue weighted by Gasteiger charge is -2.14. The molecular weight excluding hydrogens is 238 g/mol. The summed E-state index contributed by atoms with van der Waals surface area (Å²) in [6.07, 6.45) is 3.74. The summed E-state index contributed by atoms with van der Waals surface area (Å²) in [5.41, 5.74) is 2.20. The Morgan fingerprint density at radius 2 is 2.16 bits per heavy atom. The molecule has 0 fully saturated rings. The molecular formula is C15H21N3O. The molecule has 0 amide bonds. The first-order chi connectivity index (χ1) is 9.11. The van der Waals surface area contributed by atoms with E-state index in [0.29, 0.717) is 5.92 Å². The first-order valence-electron chi connectivity index (χ1n) is 6.54. The minimum Gasteiger partial charge on any atom is -0.495 e. The minimum atomic E-state index is 0.574. The van der Waals surface area contributed by atoms with Gasteiger partial charge < -0.3 is 10.1 Å².